The van der Waals surface area contributed by atoms with Crippen molar-refractivity contribution in [1.29, 1.82) is 0 Å². The van der Waals surface area contributed by atoms with Crippen LogP contribution in [0, 0.1) is 0 Å². The first-order chi connectivity index (χ1) is 6.27. The van der Waals surface area contributed by atoms with Crippen molar-refractivity contribution in [1.82, 2.24) is 9.78 Å². The molecule has 1 fully saturated rings. The molecular weight excluding hydrogens is 168 g/mol. The second-order valence-corrected chi connectivity index (χ2v) is 3.41. The Hall–Kier alpha value is -0.870. The van der Waals surface area contributed by atoms with Crippen LogP contribution in [0.1, 0.15) is 24.6 Å². The monoisotopic (exact) mass is 182 g/mol. The highest BCUT2D eigenvalue weighted by atomic mass is 16.5. The fraction of sp³-hybridized carbons (Fsp3) is 0.667. The molecule has 0 bridgehead atoms. The van der Waals surface area contributed by atoms with Crippen molar-refractivity contribution >= 4 is 0 Å². The summed E-state index contributed by atoms with van der Waals surface area (Å²) in [6, 6.07) is 1.83. The van der Waals surface area contributed by atoms with Gasteiger partial charge in [0.15, 0.2) is 0 Å². The number of aryl methyl sites for hydroxylation is 1. The molecule has 4 heteroatoms. The van der Waals surface area contributed by atoms with Gasteiger partial charge in [0.2, 0.25) is 0 Å². The molecule has 1 aromatic heterocycles. The first kappa shape index (κ1) is 8.72. The molecule has 1 aliphatic heterocycles. The van der Waals surface area contributed by atoms with Crippen molar-refractivity contribution < 1.29 is 9.84 Å². The van der Waals surface area contributed by atoms with Crippen molar-refractivity contribution in [3.8, 4) is 0 Å². The van der Waals surface area contributed by atoms with Crippen LogP contribution in [-0.2, 0) is 11.8 Å². The van der Waals surface area contributed by atoms with E-state index in [2.05, 4.69) is 5.10 Å². The van der Waals surface area contributed by atoms with Crippen LogP contribution in [0.2, 0.25) is 0 Å². The quantitative estimate of drug-likeness (QED) is 0.729. The number of rotatable bonds is 2. The summed E-state index contributed by atoms with van der Waals surface area (Å²) in [5.41, 5.74) is 0.703. The highest BCUT2D eigenvalue weighted by Crippen LogP contribution is 2.25. The normalized spacial score (nSPS) is 24.9. The van der Waals surface area contributed by atoms with Crippen LogP contribution in [-0.4, -0.2) is 27.6 Å². The van der Waals surface area contributed by atoms with E-state index < -0.39 is 6.10 Å². The second kappa shape index (κ2) is 3.47. The van der Waals surface area contributed by atoms with E-state index in [0.29, 0.717) is 5.69 Å². The molecule has 72 valence electrons. The molecule has 2 heterocycles. The SMILES string of the molecule is Cn1ccc(C(O)C2CCCO2)n1. The van der Waals surface area contributed by atoms with Crippen molar-refractivity contribution in [3.05, 3.63) is 18.0 Å². The van der Waals surface area contributed by atoms with Gasteiger partial charge in [-0.2, -0.15) is 5.10 Å². The van der Waals surface area contributed by atoms with Crippen LogP contribution in [0.25, 0.3) is 0 Å². The first-order valence-electron chi connectivity index (χ1n) is 4.56. The van der Waals surface area contributed by atoms with E-state index in [4.69, 9.17) is 4.74 Å². The maximum atomic E-state index is 9.83. The zero-order valence-corrected chi connectivity index (χ0v) is 7.68. The number of nitrogens with zero attached hydrogens (tertiary/aromatic N) is 2. The van der Waals surface area contributed by atoms with Crippen molar-refractivity contribution in [3.63, 3.8) is 0 Å². The molecule has 1 aliphatic rings. The molecule has 0 radical (unpaired) electrons. The number of aliphatic hydroxyl groups excluding tert-OH is 1. The molecule has 1 saturated heterocycles. The summed E-state index contributed by atoms with van der Waals surface area (Å²) in [7, 11) is 1.84. The number of hydrogen-bond donors (Lipinski definition) is 1. The summed E-state index contributed by atoms with van der Waals surface area (Å²) in [6.45, 7) is 0.758. The van der Waals surface area contributed by atoms with Crippen LogP contribution in [0.15, 0.2) is 12.3 Å². The van der Waals surface area contributed by atoms with Crippen LogP contribution >= 0.6 is 0 Å². The van der Waals surface area contributed by atoms with Gasteiger partial charge in [0, 0.05) is 19.9 Å². The Kier molecular flexibility index (Phi) is 2.33. The lowest BCUT2D eigenvalue weighted by Gasteiger charge is -2.14. The summed E-state index contributed by atoms with van der Waals surface area (Å²) < 4.78 is 7.07. The predicted octanol–water partition coefficient (Wildman–Crippen LogP) is 0.632. The molecule has 0 spiro atoms. The van der Waals surface area contributed by atoms with E-state index in [0.717, 1.165) is 19.4 Å². The minimum atomic E-state index is -0.566. The Morgan fingerprint density at radius 1 is 1.77 bits per heavy atom. The lowest BCUT2D eigenvalue weighted by molar-refractivity contribution is -0.00493. The fourth-order valence-corrected chi connectivity index (χ4v) is 1.63. The molecule has 0 amide bonds. The maximum absolute atomic E-state index is 9.83. The molecule has 2 atom stereocenters. The van der Waals surface area contributed by atoms with Gasteiger partial charge in [0.1, 0.15) is 6.10 Å². The molecule has 0 aliphatic carbocycles. The van der Waals surface area contributed by atoms with Gasteiger partial charge < -0.3 is 9.84 Å². The van der Waals surface area contributed by atoms with Crippen molar-refractivity contribution in [2.24, 2.45) is 7.05 Å². The third-order valence-electron chi connectivity index (χ3n) is 2.35. The van der Waals surface area contributed by atoms with Gasteiger partial charge in [-0.05, 0) is 18.9 Å². The minimum absolute atomic E-state index is 0.0603. The van der Waals surface area contributed by atoms with Crippen LogP contribution < -0.4 is 0 Å². The van der Waals surface area contributed by atoms with E-state index >= 15 is 0 Å². The summed E-state index contributed by atoms with van der Waals surface area (Å²) in [6.07, 6.45) is 3.17. The van der Waals surface area contributed by atoms with E-state index in [1.807, 2.05) is 19.3 Å². The topological polar surface area (TPSA) is 47.3 Å². The van der Waals surface area contributed by atoms with E-state index in [-0.39, 0.29) is 6.10 Å². The Bertz CT molecular complexity index is 279. The number of ether oxygens (including phenoxy) is 1. The standard InChI is InChI=1S/C9H14N2O2/c1-11-5-4-7(10-11)9(12)8-3-2-6-13-8/h4-5,8-9,12H,2-3,6H2,1H3. The summed E-state index contributed by atoms with van der Waals surface area (Å²) in [5, 5.41) is 14.0. The van der Waals surface area contributed by atoms with Gasteiger partial charge in [-0.15, -0.1) is 0 Å². The smallest absolute Gasteiger partial charge is 0.124 e. The lowest BCUT2D eigenvalue weighted by atomic mass is 10.1. The molecule has 2 rings (SSSR count). The first-order valence-corrected chi connectivity index (χ1v) is 4.56. The molecule has 4 nitrogen and oxygen atoms in total. The molecule has 2 unspecified atom stereocenters. The molecule has 13 heavy (non-hydrogen) atoms. The largest absolute Gasteiger partial charge is 0.384 e. The zero-order valence-electron chi connectivity index (χ0n) is 7.68. The Morgan fingerprint density at radius 3 is 3.15 bits per heavy atom. The second-order valence-electron chi connectivity index (χ2n) is 3.41. The Labute approximate surface area is 77.1 Å². The average Bonchev–Trinajstić information content (AvgIpc) is 2.72. The Balaban J connectivity index is 2.07. The third kappa shape index (κ3) is 1.73. The Morgan fingerprint density at radius 2 is 2.62 bits per heavy atom. The summed E-state index contributed by atoms with van der Waals surface area (Å²) in [4.78, 5) is 0. The fourth-order valence-electron chi connectivity index (χ4n) is 1.63. The van der Waals surface area contributed by atoms with Gasteiger partial charge in [-0.25, -0.2) is 0 Å². The van der Waals surface area contributed by atoms with Crippen LogP contribution in [0.4, 0.5) is 0 Å². The van der Waals surface area contributed by atoms with E-state index in [1.165, 1.54) is 0 Å². The van der Waals surface area contributed by atoms with Gasteiger partial charge in [0.05, 0.1) is 11.8 Å². The van der Waals surface area contributed by atoms with E-state index in [1.54, 1.807) is 4.68 Å². The van der Waals surface area contributed by atoms with Crippen LogP contribution in [0.5, 0.6) is 0 Å². The van der Waals surface area contributed by atoms with Gasteiger partial charge in [-0.1, -0.05) is 0 Å². The van der Waals surface area contributed by atoms with E-state index in [9.17, 15) is 5.11 Å². The molecule has 0 aromatic carbocycles. The van der Waals surface area contributed by atoms with Crippen molar-refractivity contribution in [2.45, 2.75) is 25.0 Å². The van der Waals surface area contributed by atoms with Crippen LogP contribution in [0.3, 0.4) is 0 Å². The molecular formula is C9H14N2O2. The molecule has 0 saturated carbocycles. The third-order valence-corrected chi connectivity index (χ3v) is 2.35. The summed E-state index contributed by atoms with van der Waals surface area (Å²) >= 11 is 0. The highest BCUT2D eigenvalue weighted by Gasteiger charge is 2.26. The molecule has 1 N–H and O–H groups in total. The lowest BCUT2D eigenvalue weighted by Crippen LogP contribution is -2.17. The number of aromatic nitrogens is 2. The zero-order chi connectivity index (χ0) is 9.26. The average molecular weight is 182 g/mol. The minimum Gasteiger partial charge on any atom is -0.384 e. The highest BCUT2D eigenvalue weighted by molar-refractivity contribution is 5.05. The van der Waals surface area contributed by atoms with Crippen molar-refractivity contribution in [2.75, 3.05) is 6.61 Å². The summed E-state index contributed by atoms with van der Waals surface area (Å²) in [5.74, 6) is 0. The number of hydrogen-bond acceptors (Lipinski definition) is 3. The number of aliphatic hydroxyl groups is 1. The molecule has 1 aromatic rings. The maximum Gasteiger partial charge on any atom is 0.124 e. The predicted molar refractivity (Wildman–Crippen MR) is 47.1 cm³/mol. The van der Waals surface area contributed by atoms with Gasteiger partial charge >= 0.3 is 0 Å². The van der Waals surface area contributed by atoms with Gasteiger partial charge in [0.25, 0.3) is 0 Å². The van der Waals surface area contributed by atoms with Gasteiger partial charge in [-0.3, -0.25) is 4.68 Å².